The zero-order chi connectivity index (χ0) is 12.5. The van der Waals surface area contributed by atoms with Gasteiger partial charge in [0, 0.05) is 18.0 Å². The number of nitrogens with one attached hydrogen (secondary N) is 1. The van der Waals surface area contributed by atoms with Gasteiger partial charge in [-0.25, -0.2) is 0 Å². The molecule has 0 aliphatic heterocycles. The maximum Gasteiger partial charge on any atom is 0.227 e. The van der Waals surface area contributed by atoms with Gasteiger partial charge < -0.3 is 11.1 Å². The zero-order valence-electron chi connectivity index (χ0n) is 10.3. The van der Waals surface area contributed by atoms with E-state index in [1.54, 1.807) is 0 Å². The molecular weight excluding hydrogens is 224 g/mol. The predicted molar refractivity (Wildman–Crippen MR) is 71.0 cm³/mol. The second-order valence-corrected chi connectivity index (χ2v) is 5.26. The maximum atomic E-state index is 12.0. The summed E-state index contributed by atoms with van der Waals surface area (Å²) in [5, 5.41) is 3.12. The minimum Gasteiger partial charge on any atom is -0.352 e. The summed E-state index contributed by atoms with van der Waals surface area (Å²) < 4.78 is 0. The van der Waals surface area contributed by atoms with Gasteiger partial charge >= 0.3 is 0 Å². The van der Waals surface area contributed by atoms with E-state index in [0.29, 0.717) is 12.0 Å². The molecule has 0 heterocycles. The van der Waals surface area contributed by atoms with Gasteiger partial charge in [0.15, 0.2) is 0 Å². The van der Waals surface area contributed by atoms with Crippen LogP contribution in [0.15, 0.2) is 42.5 Å². The number of carbonyl (C=O) groups excluding carboxylic acids is 1. The Balaban J connectivity index is 1.54. The third-order valence-corrected chi connectivity index (χ3v) is 3.80. The normalized spacial score (nSPS) is 33.4. The van der Waals surface area contributed by atoms with Crippen molar-refractivity contribution in [2.75, 3.05) is 0 Å². The van der Waals surface area contributed by atoms with E-state index in [4.69, 9.17) is 5.73 Å². The second kappa shape index (κ2) is 4.58. The first-order valence-corrected chi connectivity index (χ1v) is 6.53. The summed E-state index contributed by atoms with van der Waals surface area (Å²) in [7, 11) is 0. The molecular formula is C15H18N2O. The smallest absolute Gasteiger partial charge is 0.227 e. The van der Waals surface area contributed by atoms with Crippen LogP contribution in [0.3, 0.4) is 0 Å². The number of nitrogens with two attached hydrogens (primary N) is 1. The molecule has 3 heteroatoms. The number of hydrogen-bond acceptors (Lipinski definition) is 2. The lowest BCUT2D eigenvalue weighted by Gasteiger charge is -2.10. The van der Waals surface area contributed by atoms with E-state index in [1.807, 2.05) is 30.4 Å². The summed E-state index contributed by atoms with van der Waals surface area (Å²) in [4.78, 5) is 12.0. The minimum atomic E-state index is -0.0305. The van der Waals surface area contributed by atoms with Crippen LogP contribution in [-0.4, -0.2) is 18.0 Å². The molecule has 1 amide bonds. The molecule has 1 aromatic rings. The summed E-state index contributed by atoms with van der Waals surface area (Å²) in [5.74, 6) is 0.592. The Morgan fingerprint density at radius 1 is 1.17 bits per heavy atom. The van der Waals surface area contributed by atoms with E-state index in [2.05, 4.69) is 17.4 Å². The van der Waals surface area contributed by atoms with Crippen LogP contribution < -0.4 is 11.1 Å². The molecule has 0 spiro atoms. The van der Waals surface area contributed by atoms with Crippen molar-refractivity contribution < 1.29 is 4.79 Å². The number of carbonyl (C=O) groups is 1. The third kappa shape index (κ3) is 2.31. The molecule has 1 aromatic carbocycles. The van der Waals surface area contributed by atoms with Gasteiger partial charge in [-0.15, -0.1) is 0 Å². The molecule has 0 aromatic heterocycles. The number of rotatable bonds is 3. The van der Waals surface area contributed by atoms with Gasteiger partial charge in [0.1, 0.15) is 0 Å². The summed E-state index contributed by atoms with van der Waals surface area (Å²) in [5.41, 5.74) is 7.08. The first-order valence-electron chi connectivity index (χ1n) is 6.53. The molecule has 4 atom stereocenters. The Morgan fingerprint density at radius 3 is 2.61 bits per heavy atom. The Kier molecular flexibility index (Phi) is 2.92. The van der Waals surface area contributed by atoms with Crippen LogP contribution in [0.2, 0.25) is 0 Å². The molecule has 3 nitrogen and oxygen atoms in total. The van der Waals surface area contributed by atoms with Crippen molar-refractivity contribution in [2.24, 2.45) is 11.7 Å². The molecule has 1 fully saturated rings. The highest BCUT2D eigenvalue weighted by atomic mass is 16.2. The Labute approximate surface area is 107 Å². The summed E-state index contributed by atoms with van der Waals surface area (Å²) in [6.07, 6.45) is 5.65. The predicted octanol–water partition coefficient (Wildman–Crippen LogP) is 1.56. The lowest BCUT2D eigenvalue weighted by molar-refractivity contribution is -0.123. The molecule has 4 unspecified atom stereocenters. The lowest BCUT2D eigenvalue weighted by Crippen LogP contribution is -2.32. The minimum absolute atomic E-state index is 0.0305. The fraction of sp³-hybridized carbons (Fsp3) is 0.400. The maximum absolute atomic E-state index is 12.0. The lowest BCUT2D eigenvalue weighted by atomic mass is 10.1. The van der Waals surface area contributed by atoms with Crippen LogP contribution in [0.1, 0.15) is 24.3 Å². The fourth-order valence-electron chi connectivity index (χ4n) is 2.63. The zero-order valence-corrected chi connectivity index (χ0v) is 10.3. The van der Waals surface area contributed by atoms with E-state index in [9.17, 15) is 4.79 Å². The largest absolute Gasteiger partial charge is 0.352 e. The first kappa shape index (κ1) is 11.5. The molecule has 2 aliphatic rings. The van der Waals surface area contributed by atoms with Crippen molar-refractivity contribution in [3.8, 4) is 0 Å². The van der Waals surface area contributed by atoms with Gasteiger partial charge in [-0.05, 0) is 18.4 Å². The summed E-state index contributed by atoms with van der Waals surface area (Å²) in [6, 6.07) is 10.7. The summed E-state index contributed by atoms with van der Waals surface area (Å²) >= 11 is 0. The van der Waals surface area contributed by atoms with Crippen molar-refractivity contribution in [3.63, 3.8) is 0 Å². The average Bonchev–Trinajstić information content (AvgIpc) is 3.01. The Hall–Kier alpha value is -1.61. The molecule has 3 rings (SSSR count). The molecule has 0 bridgehead atoms. The van der Waals surface area contributed by atoms with E-state index in [0.717, 1.165) is 12.8 Å². The van der Waals surface area contributed by atoms with Crippen molar-refractivity contribution in [3.05, 3.63) is 48.0 Å². The topological polar surface area (TPSA) is 55.1 Å². The van der Waals surface area contributed by atoms with Gasteiger partial charge in [0.25, 0.3) is 0 Å². The second-order valence-electron chi connectivity index (χ2n) is 5.26. The highest BCUT2D eigenvalue weighted by molar-refractivity contribution is 5.81. The summed E-state index contributed by atoms with van der Waals surface area (Å²) in [6.45, 7) is 0. The van der Waals surface area contributed by atoms with Crippen LogP contribution in [0.5, 0.6) is 0 Å². The molecule has 2 aliphatic carbocycles. The molecule has 18 heavy (non-hydrogen) atoms. The van der Waals surface area contributed by atoms with Crippen LogP contribution in [-0.2, 0) is 4.79 Å². The third-order valence-electron chi connectivity index (χ3n) is 3.80. The van der Waals surface area contributed by atoms with Crippen molar-refractivity contribution in [2.45, 2.75) is 30.8 Å². The monoisotopic (exact) mass is 242 g/mol. The van der Waals surface area contributed by atoms with E-state index < -0.39 is 0 Å². The molecule has 1 saturated carbocycles. The molecule has 94 valence electrons. The molecule has 0 saturated heterocycles. The Bertz CT molecular complexity index is 469. The van der Waals surface area contributed by atoms with E-state index >= 15 is 0 Å². The van der Waals surface area contributed by atoms with E-state index in [-0.39, 0.29) is 17.9 Å². The number of benzene rings is 1. The molecule has 0 radical (unpaired) electrons. The van der Waals surface area contributed by atoms with Gasteiger partial charge in [0.05, 0.1) is 5.92 Å². The van der Waals surface area contributed by atoms with Gasteiger partial charge in [0.2, 0.25) is 5.91 Å². The Morgan fingerprint density at radius 2 is 1.94 bits per heavy atom. The quantitative estimate of drug-likeness (QED) is 0.790. The highest BCUT2D eigenvalue weighted by Crippen LogP contribution is 2.40. The van der Waals surface area contributed by atoms with Gasteiger partial charge in [-0.1, -0.05) is 42.5 Å². The van der Waals surface area contributed by atoms with Crippen molar-refractivity contribution in [1.29, 1.82) is 0 Å². The van der Waals surface area contributed by atoms with Crippen LogP contribution in [0, 0.1) is 5.92 Å². The van der Waals surface area contributed by atoms with Crippen molar-refractivity contribution >= 4 is 5.91 Å². The average molecular weight is 242 g/mol. The highest BCUT2D eigenvalue weighted by Gasteiger charge is 2.40. The standard InChI is InChI=1S/C15H18N2O/c16-12-7-6-11(8-12)15(18)17-14-9-13(14)10-4-2-1-3-5-10/h1-7,11-14H,8-9,16H2,(H,17,18). The number of hydrogen-bond donors (Lipinski definition) is 2. The first-order chi connectivity index (χ1) is 8.74. The van der Waals surface area contributed by atoms with Crippen LogP contribution >= 0.6 is 0 Å². The van der Waals surface area contributed by atoms with Gasteiger partial charge in [-0.2, -0.15) is 0 Å². The van der Waals surface area contributed by atoms with Crippen LogP contribution in [0.25, 0.3) is 0 Å². The van der Waals surface area contributed by atoms with E-state index in [1.165, 1.54) is 5.56 Å². The SMILES string of the molecule is NC1C=CC(C(=O)NC2CC2c2ccccc2)C1. The van der Waals surface area contributed by atoms with Gasteiger partial charge in [-0.3, -0.25) is 4.79 Å². The van der Waals surface area contributed by atoms with Crippen molar-refractivity contribution in [1.82, 2.24) is 5.32 Å². The van der Waals surface area contributed by atoms with Crippen LogP contribution in [0.4, 0.5) is 0 Å². The number of amides is 1. The molecule has 3 N–H and O–H groups in total. The fourth-order valence-corrected chi connectivity index (χ4v) is 2.63.